The van der Waals surface area contributed by atoms with E-state index in [1.165, 1.54) is 0 Å². The highest BCUT2D eigenvalue weighted by Gasteiger charge is 2.10. The summed E-state index contributed by atoms with van der Waals surface area (Å²) in [7, 11) is 0. The maximum Gasteiger partial charge on any atom is 0.325 e. The molecule has 0 saturated carbocycles. The molecule has 132 valence electrons. The zero-order chi connectivity index (χ0) is 18.4. The van der Waals surface area contributed by atoms with Crippen molar-refractivity contribution in [2.45, 2.75) is 20.0 Å². The number of esters is 1. The van der Waals surface area contributed by atoms with Crippen molar-refractivity contribution in [2.24, 2.45) is 0 Å². The van der Waals surface area contributed by atoms with Gasteiger partial charge < -0.3 is 10.1 Å². The van der Waals surface area contributed by atoms with Crippen LogP contribution in [-0.4, -0.2) is 28.6 Å². The van der Waals surface area contributed by atoms with E-state index in [9.17, 15) is 4.79 Å². The Kier molecular flexibility index (Phi) is 5.59. The average Bonchev–Trinajstić information content (AvgIpc) is 2.67. The quantitative estimate of drug-likeness (QED) is 0.678. The van der Waals surface area contributed by atoms with Crippen LogP contribution in [-0.2, 0) is 9.53 Å². The van der Waals surface area contributed by atoms with Gasteiger partial charge in [0.1, 0.15) is 12.4 Å². The number of hydrogen-bond acceptors (Lipinski definition) is 5. The summed E-state index contributed by atoms with van der Waals surface area (Å²) in [5.41, 5.74) is 2.69. The van der Waals surface area contributed by atoms with Gasteiger partial charge in [-0.15, -0.1) is 0 Å². The fraction of sp³-hybridized carbons (Fsp3) is 0.190. The van der Waals surface area contributed by atoms with Gasteiger partial charge in [-0.2, -0.15) is 0 Å². The molecule has 1 N–H and O–H groups in total. The Morgan fingerprint density at radius 2 is 1.58 bits per heavy atom. The topological polar surface area (TPSA) is 64.1 Å². The molecule has 0 saturated heterocycles. The van der Waals surface area contributed by atoms with Crippen LogP contribution in [0.25, 0.3) is 22.6 Å². The van der Waals surface area contributed by atoms with Crippen LogP contribution in [0.4, 0.5) is 5.82 Å². The molecule has 0 fully saturated rings. The summed E-state index contributed by atoms with van der Waals surface area (Å²) in [6, 6.07) is 21.5. The van der Waals surface area contributed by atoms with E-state index in [2.05, 4.69) is 15.3 Å². The van der Waals surface area contributed by atoms with Crippen LogP contribution >= 0.6 is 0 Å². The third-order valence-corrected chi connectivity index (χ3v) is 3.61. The van der Waals surface area contributed by atoms with Gasteiger partial charge in [0.15, 0.2) is 5.82 Å². The number of nitrogens with one attached hydrogen (secondary N) is 1. The minimum absolute atomic E-state index is 0.0532. The average molecular weight is 347 g/mol. The van der Waals surface area contributed by atoms with Gasteiger partial charge in [0.05, 0.1) is 11.8 Å². The molecule has 1 heterocycles. The van der Waals surface area contributed by atoms with Gasteiger partial charge in [-0.3, -0.25) is 4.79 Å². The van der Waals surface area contributed by atoms with Crippen LogP contribution in [0.5, 0.6) is 0 Å². The van der Waals surface area contributed by atoms with Crippen molar-refractivity contribution in [3.8, 4) is 22.6 Å². The Bertz CT molecular complexity index is 807. The predicted molar refractivity (Wildman–Crippen MR) is 103 cm³/mol. The number of carbonyl (C=O) groups is 1. The van der Waals surface area contributed by atoms with E-state index in [4.69, 9.17) is 4.74 Å². The van der Waals surface area contributed by atoms with E-state index in [1.807, 2.05) is 80.6 Å². The van der Waals surface area contributed by atoms with Gasteiger partial charge in [-0.05, 0) is 13.8 Å². The number of carbonyl (C=O) groups excluding carboxylic acids is 1. The molecule has 1 aromatic heterocycles. The van der Waals surface area contributed by atoms with E-state index in [1.54, 1.807) is 0 Å². The summed E-state index contributed by atoms with van der Waals surface area (Å²) in [5.74, 6) is 0.867. The molecule has 2 aromatic carbocycles. The Morgan fingerprint density at radius 3 is 2.19 bits per heavy atom. The van der Waals surface area contributed by atoms with Crippen molar-refractivity contribution in [3.05, 3.63) is 66.7 Å². The summed E-state index contributed by atoms with van der Waals surface area (Å²) < 4.78 is 5.16. The second-order valence-corrected chi connectivity index (χ2v) is 6.09. The van der Waals surface area contributed by atoms with E-state index in [-0.39, 0.29) is 18.6 Å². The summed E-state index contributed by atoms with van der Waals surface area (Å²) in [5, 5.41) is 3.04. The Labute approximate surface area is 153 Å². The Morgan fingerprint density at radius 1 is 0.962 bits per heavy atom. The van der Waals surface area contributed by atoms with Crippen molar-refractivity contribution in [2.75, 3.05) is 11.9 Å². The van der Waals surface area contributed by atoms with Gasteiger partial charge in [-0.1, -0.05) is 60.7 Å². The molecule has 0 aliphatic rings. The molecule has 3 aromatic rings. The number of aromatic nitrogens is 2. The fourth-order valence-electron chi connectivity index (χ4n) is 2.48. The lowest BCUT2D eigenvalue weighted by atomic mass is 10.1. The second-order valence-electron chi connectivity index (χ2n) is 6.09. The molecular weight excluding hydrogens is 326 g/mol. The zero-order valence-corrected chi connectivity index (χ0v) is 14.8. The van der Waals surface area contributed by atoms with Crippen LogP contribution in [0, 0.1) is 0 Å². The molecule has 0 amide bonds. The van der Waals surface area contributed by atoms with Crippen LogP contribution in [0.1, 0.15) is 13.8 Å². The van der Waals surface area contributed by atoms with Gasteiger partial charge in [-0.25, -0.2) is 9.97 Å². The number of nitrogens with zero attached hydrogens (tertiary/aromatic N) is 2. The fourth-order valence-corrected chi connectivity index (χ4v) is 2.48. The van der Waals surface area contributed by atoms with Crippen molar-refractivity contribution >= 4 is 11.8 Å². The molecule has 5 heteroatoms. The number of anilines is 1. The molecule has 0 aliphatic carbocycles. The lowest BCUT2D eigenvalue weighted by molar-refractivity contribution is -0.145. The SMILES string of the molecule is CC(C)OC(=O)CNc1cc(-c2ccccc2)nc(-c2ccccc2)n1. The zero-order valence-electron chi connectivity index (χ0n) is 14.8. The Hall–Kier alpha value is -3.21. The lowest BCUT2D eigenvalue weighted by Crippen LogP contribution is -2.20. The smallest absolute Gasteiger partial charge is 0.325 e. The second kappa shape index (κ2) is 8.25. The number of hydrogen-bond donors (Lipinski definition) is 1. The van der Waals surface area contributed by atoms with Crippen LogP contribution in [0.15, 0.2) is 66.7 Å². The van der Waals surface area contributed by atoms with Crippen LogP contribution < -0.4 is 5.32 Å². The first-order valence-electron chi connectivity index (χ1n) is 8.55. The molecule has 0 aliphatic heterocycles. The minimum Gasteiger partial charge on any atom is -0.462 e. The number of benzene rings is 2. The van der Waals surface area contributed by atoms with Gasteiger partial charge >= 0.3 is 5.97 Å². The number of rotatable bonds is 6. The monoisotopic (exact) mass is 347 g/mol. The highest BCUT2D eigenvalue weighted by atomic mass is 16.5. The predicted octanol–water partition coefficient (Wildman–Crippen LogP) is 4.17. The largest absolute Gasteiger partial charge is 0.462 e. The normalized spacial score (nSPS) is 10.6. The van der Waals surface area contributed by atoms with E-state index >= 15 is 0 Å². The molecule has 5 nitrogen and oxygen atoms in total. The summed E-state index contributed by atoms with van der Waals surface area (Å²) in [6.45, 7) is 3.70. The molecule has 0 atom stereocenters. The van der Waals surface area contributed by atoms with Crippen LogP contribution in [0.2, 0.25) is 0 Å². The number of ether oxygens (including phenoxy) is 1. The van der Waals surface area contributed by atoms with E-state index in [0.29, 0.717) is 11.6 Å². The standard InChI is InChI=1S/C21H21N3O2/c1-15(2)26-20(25)14-22-19-13-18(16-9-5-3-6-10-16)23-21(24-19)17-11-7-4-8-12-17/h3-13,15H,14H2,1-2H3,(H,22,23,24). The maximum absolute atomic E-state index is 11.8. The van der Waals surface area contributed by atoms with Gasteiger partial charge in [0.25, 0.3) is 0 Å². The molecule has 0 bridgehead atoms. The molecule has 0 radical (unpaired) electrons. The first-order chi connectivity index (χ1) is 12.6. The van der Waals surface area contributed by atoms with Gasteiger partial charge in [0, 0.05) is 17.2 Å². The summed E-state index contributed by atoms with van der Waals surface area (Å²) in [4.78, 5) is 21.0. The minimum atomic E-state index is -0.318. The van der Waals surface area contributed by atoms with Crippen molar-refractivity contribution < 1.29 is 9.53 Å². The molecule has 0 unspecified atom stereocenters. The first kappa shape index (κ1) is 17.6. The summed E-state index contributed by atoms with van der Waals surface area (Å²) >= 11 is 0. The lowest BCUT2D eigenvalue weighted by Gasteiger charge is -2.11. The van der Waals surface area contributed by atoms with Crippen LogP contribution in [0.3, 0.4) is 0 Å². The van der Waals surface area contributed by atoms with E-state index in [0.717, 1.165) is 16.8 Å². The molecule has 26 heavy (non-hydrogen) atoms. The molecular formula is C21H21N3O2. The van der Waals surface area contributed by atoms with Crippen molar-refractivity contribution in [1.29, 1.82) is 0 Å². The molecule has 3 rings (SSSR count). The highest BCUT2D eigenvalue weighted by Crippen LogP contribution is 2.24. The van der Waals surface area contributed by atoms with Crippen molar-refractivity contribution in [3.63, 3.8) is 0 Å². The molecule has 0 spiro atoms. The van der Waals surface area contributed by atoms with E-state index < -0.39 is 0 Å². The first-order valence-corrected chi connectivity index (χ1v) is 8.55. The van der Waals surface area contributed by atoms with Gasteiger partial charge in [0.2, 0.25) is 0 Å². The Balaban J connectivity index is 1.92. The highest BCUT2D eigenvalue weighted by molar-refractivity contribution is 5.75. The summed E-state index contributed by atoms with van der Waals surface area (Å²) in [6.07, 6.45) is -0.144. The third kappa shape index (κ3) is 4.66. The third-order valence-electron chi connectivity index (χ3n) is 3.61. The maximum atomic E-state index is 11.8. The van der Waals surface area contributed by atoms with Crippen molar-refractivity contribution in [1.82, 2.24) is 9.97 Å².